The molecular formula is C16H22N2O. The number of para-hydroxylation sites is 1. The zero-order valence-electron chi connectivity index (χ0n) is 11.6. The van der Waals surface area contributed by atoms with E-state index in [1.165, 1.54) is 24.1 Å². The van der Waals surface area contributed by atoms with Crippen LogP contribution in [0.15, 0.2) is 24.3 Å². The van der Waals surface area contributed by atoms with Crippen LogP contribution in [0, 0.1) is 5.92 Å². The van der Waals surface area contributed by atoms with Crippen LogP contribution in [-0.2, 0) is 4.79 Å². The number of hydrogen-bond donors (Lipinski definition) is 1. The third-order valence-corrected chi connectivity index (χ3v) is 4.27. The van der Waals surface area contributed by atoms with Crippen LogP contribution in [0.25, 0.3) is 0 Å². The predicted octanol–water partition coefficient (Wildman–Crippen LogP) is 2.84. The number of benzene rings is 1. The molecule has 0 saturated heterocycles. The Kier molecular flexibility index (Phi) is 3.45. The van der Waals surface area contributed by atoms with Gasteiger partial charge in [-0.1, -0.05) is 18.2 Å². The Morgan fingerprint density at radius 3 is 2.89 bits per heavy atom. The Balaban J connectivity index is 1.63. The lowest BCUT2D eigenvalue weighted by Crippen LogP contribution is -2.33. The Morgan fingerprint density at radius 1 is 1.37 bits per heavy atom. The summed E-state index contributed by atoms with van der Waals surface area (Å²) in [5, 5.41) is 3.39. The molecule has 1 aromatic carbocycles. The first-order valence-electron chi connectivity index (χ1n) is 7.38. The van der Waals surface area contributed by atoms with Crippen molar-refractivity contribution in [3.05, 3.63) is 29.8 Å². The van der Waals surface area contributed by atoms with E-state index in [0.717, 1.165) is 25.6 Å². The number of anilines is 1. The molecule has 1 aliphatic heterocycles. The topological polar surface area (TPSA) is 32.3 Å². The second kappa shape index (κ2) is 5.24. The van der Waals surface area contributed by atoms with E-state index in [0.29, 0.717) is 18.2 Å². The number of amides is 1. The molecule has 0 bridgehead atoms. The van der Waals surface area contributed by atoms with E-state index < -0.39 is 0 Å². The first kappa shape index (κ1) is 12.5. The van der Waals surface area contributed by atoms with Gasteiger partial charge in [0.2, 0.25) is 5.91 Å². The van der Waals surface area contributed by atoms with Gasteiger partial charge in [-0.2, -0.15) is 0 Å². The van der Waals surface area contributed by atoms with Crippen molar-refractivity contribution < 1.29 is 4.79 Å². The fourth-order valence-corrected chi connectivity index (χ4v) is 2.90. The van der Waals surface area contributed by atoms with Crippen LogP contribution < -0.4 is 5.32 Å². The lowest BCUT2D eigenvalue weighted by molar-refractivity contribution is -0.131. The van der Waals surface area contributed by atoms with Crippen LogP contribution in [-0.4, -0.2) is 30.4 Å². The van der Waals surface area contributed by atoms with Crippen molar-refractivity contribution in [1.82, 2.24) is 4.90 Å². The van der Waals surface area contributed by atoms with Crippen LogP contribution >= 0.6 is 0 Å². The molecule has 0 aromatic heterocycles. The predicted molar refractivity (Wildman–Crippen MR) is 77.3 cm³/mol. The quantitative estimate of drug-likeness (QED) is 0.880. The molecule has 1 aliphatic carbocycles. The Bertz CT molecular complexity index is 468. The van der Waals surface area contributed by atoms with Crippen molar-refractivity contribution in [3.8, 4) is 0 Å². The molecule has 1 N–H and O–H groups in total. The van der Waals surface area contributed by atoms with E-state index in [2.05, 4.69) is 30.4 Å². The lowest BCUT2D eigenvalue weighted by Gasteiger charge is -2.22. The number of hydrogen-bond acceptors (Lipinski definition) is 2. The molecule has 1 heterocycles. The van der Waals surface area contributed by atoms with Crippen LogP contribution in [0.2, 0.25) is 0 Å². The summed E-state index contributed by atoms with van der Waals surface area (Å²) in [6.45, 7) is 4.79. The molecule has 1 atom stereocenters. The Hall–Kier alpha value is -1.51. The van der Waals surface area contributed by atoms with E-state index in [1.807, 2.05) is 11.0 Å². The van der Waals surface area contributed by atoms with Gasteiger partial charge >= 0.3 is 0 Å². The SMILES string of the molecule is CCN(CC1CC1)C(=O)CC1CNc2ccccc21. The van der Waals surface area contributed by atoms with Gasteiger partial charge in [0.25, 0.3) is 0 Å². The van der Waals surface area contributed by atoms with Gasteiger partial charge in [-0.05, 0) is 37.3 Å². The number of fused-ring (bicyclic) bond motifs is 1. The van der Waals surface area contributed by atoms with Crippen molar-refractivity contribution in [3.63, 3.8) is 0 Å². The molecule has 3 rings (SSSR count). The molecule has 102 valence electrons. The monoisotopic (exact) mass is 258 g/mol. The van der Waals surface area contributed by atoms with Crippen LogP contribution in [0.3, 0.4) is 0 Å². The summed E-state index contributed by atoms with van der Waals surface area (Å²) in [7, 11) is 0. The van der Waals surface area contributed by atoms with Crippen molar-refractivity contribution in [2.75, 3.05) is 25.0 Å². The number of carbonyl (C=O) groups is 1. The minimum absolute atomic E-state index is 0.318. The van der Waals surface area contributed by atoms with E-state index in [4.69, 9.17) is 0 Å². The highest BCUT2D eigenvalue weighted by Crippen LogP contribution is 2.34. The molecule has 1 saturated carbocycles. The summed E-state index contributed by atoms with van der Waals surface area (Å²) in [5.74, 6) is 1.44. The van der Waals surface area contributed by atoms with Gasteiger partial charge < -0.3 is 10.2 Å². The van der Waals surface area contributed by atoms with Gasteiger partial charge in [0.1, 0.15) is 0 Å². The fourth-order valence-electron chi connectivity index (χ4n) is 2.90. The number of nitrogens with one attached hydrogen (secondary N) is 1. The first-order valence-corrected chi connectivity index (χ1v) is 7.38. The standard InChI is InChI=1S/C16H22N2O/c1-2-18(11-12-7-8-12)16(19)9-13-10-17-15-6-4-3-5-14(13)15/h3-6,12-13,17H,2,7-11H2,1H3. The fraction of sp³-hybridized carbons (Fsp3) is 0.562. The normalized spacial score (nSPS) is 20.8. The average Bonchev–Trinajstić information content (AvgIpc) is 3.17. The summed E-state index contributed by atoms with van der Waals surface area (Å²) in [6, 6.07) is 8.35. The maximum absolute atomic E-state index is 12.4. The third-order valence-electron chi connectivity index (χ3n) is 4.27. The summed E-state index contributed by atoms with van der Waals surface area (Å²) >= 11 is 0. The molecule has 1 amide bonds. The minimum Gasteiger partial charge on any atom is -0.384 e. The van der Waals surface area contributed by atoms with Crippen molar-refractivity contribution >= 4 is 11.6 Å². The molecule has 0 radical (unpaired) electrons. The van der Waals surface area contributed by atoms with E-state index in [9.17, 15) is 4.79 Å². The largest absolute Gasteiger partial charge is 0.384 e. The van der Waals surface area contributed by atoms with Crippen LogP contribution in [0.4, 0.5) is 5.69 Å². The minimum atomic E-state index is 0.318. The smallest absolute Gasteiger partial charge is 0.223 e. The summed E-state index contributed by atoms with van der Waals surface area (Å²) in [5.41, 5.74) is 2.50. The maximum atomic E-state index is 12.4. The maximum Gasteiger partial charge on any atom is 0.223 e. The van der Waals surface area contributed by atoms with Gasteiger partial charge in [-0.25, -0.2) is 0 Å². The second-order valence-electron chi connectivity index (χ2n) is 5.74. The highest BCUT2D eigenvalue weighted by atomic mass is 16.2. The van der Waals surface area contributed by atoms with Gasteiger partial charge in [0.15, 0.2) is 0 Å². The van der Waals surface area contributed by atoms with Crippen molar-refractivity contribution in [2.24, 2.45) is 5.92 Å². The molecule has 3 heteroatoms. The second-order valence-corrected chi connectivity index (χ2v) is 5.74. The van der Waals surface area contributed by atoms with Crippen LogP contribution in [0.1, 0.15) is 37.7 Å². The van der Waals surface area contributed by atoms with Gasteiger partial charge in [0.05, 0.1) is 0 Å². The highest BCUT2D eigenvalue weighted by molar-refractivity contribution is 5.78. The molecule has 3 nitrogen and oxygen atoms in total. The average molecular weight is 258 g/mol. The summed E-state index contributed by atoms with van der Waals surface area (Å²) in [4.78, 5) is 14.4. The Morgan fingerprint density at radius 2 is 2.16 bits per heavy atom. The molecule has 0 spiro atoms. The number of nitrogens with zero attached hydrogens (tertiary/aromatic N) is 1. The molecule has 1 aromatic rings. The zero-order chi connectivity index (χ0) is 13.2. The molecule has 1 unspecified atom stereocenters. The van der Waals surface area contributed by atoms with Gasteiger partial charge in [-0.15, -0.1) is 0 Å². The van der Waals surface area contributed by atoms with Crippen molar-refractivity contribution in [2.45, 2.75) is 32.1 Å². The number of rotatable bonds is 5. The lowest BCUT2D eigenvalue weighted by atomic mass is 9.97. The summed E-state index contributed by atoms with van der Waals surface area (Å²) in [6.07, 6.45) is 3.25. The molecule has 2 aliphatic rings. The zero-order valence-corrected chi connectivity index (χ0v) is 11.6. The molecular weight excluding hydrogens is 236 g/mol. The van der Waals surface area contributed by atoms with E-state index in [-0.39, 0.29) is 0 Å². The van der Waals surface area contributed by atoms with Gasteiger partial charge in [-0.3, -0.25) is 4.79 Å². The molecule has 19 heavy (non-hydrogen) atoms. The van der Waals surface area contributed by atoms with E-state index in [1.54, 1.807) is 0 Å². The molecule has 1 fully saturated rings. The van der Waals surface area contributed by atoms with Crippen molar-refractivity contribution in [1.29, 1.82) is 0 Å². The third kappa shape index (κ3) is 2.75. The van der Waals surface area contributed by atoms with Crippen LogP contribution in [0.5, 0.6) is 0 Å². The van der Waals surface area contributed by atoms with Gasteiger partial charge in [0, 0.05) is 37.7 Å². The van der Waals surface area contributed by atoms with E-state index >= 15 is 0 Å². The first-order chi connectivity index (χ1) is 9.28. The highest BCUT2D eigenvalue weighted by Gasteiger charge is 2.29. The Labute approximate surface area is 115 Å². The number of carbonyl (C=O) groups excluding carboxylic acids is 1. The summed E-state index contributed by atoms with van der Waals surface area (Å²) < 4.78 is 0.